The lowest BCUT2D eigenvalue weighted by Gasteiger charge is -2.29. The van der Waals surface area contributed by atoms with Crippen molar-refractivity contribution in [2.75, 3.05) is 13.1 Å². The molecule has 3 heterocycles. The molecule has 1 atom stereocenters. The number of carbonyl (C=O) groups is 1. The highest BCUT2D eigenvalue weighted by Gasteiger charge is 2.27. The van der Waals surface area contributed by atoms with E-state index in [9.17, 15) is 4.79 Å². The molecule has 1 N–H and O–H groups in total. The Balaban J connectivity index is 1.72. The molecule has 0 radical (unpaired) electrons. The zero-order chi connectivity index (χ0) is 22.2. The van der Waals surface area contributed by atoms with Gasteiger partial charge in [-0.3, -0.25) is 9.69 Å². The average Bonchev–Trinajstić information content (AvgIpc) is 3.40. The van der Waals surface area contributed by atoms with Gasteiger partial charge in [0, 0.05) is 23.2 Å². The van der Waals surface area contributed by atoms with Crippen LogP contribution in [0.3, 0.4) is 0 Å². The van der Waals surface area contributed by atoms with Crippen LogP contribution in [0.1, 0.15) is 75.8 Å². The normalized spacial score (nSPS) is 16.3. The second-order valence-electron chi connectivity index (χ2n) is 10.2. The van der Waals surface area contributed by atoms with Crippen LogP contribution >= 0.6 is 0 Å². The van der Waals surface area contributed by atoms with Gasteiger partial charge in [0.05, 0.1) is 17.5 Å². The van der Waals surface area contributed by atoms with Crippen molar-refractivity contribution in [1.82, 2.24) is 19.9 Å². The van der Waals surface area contributed by atoms with Gasteiger partial charge >= 0.3 is 0 Å². The largest absolute Gasteiger partial charge is 0.344 e. The number of benzene rings is 1. The molecule has 1 aliphatic heterocycles. The van der Waals surface area contributed by atoms with Gasteiger partial charge in [-0.25, -0.2) is 9.97 Å². The number of nitrogens with zero attached hydrogens (tertiary/aromatic N) is 3. The Morgan fingerprint density at radius 1 is 1.19 bits per heavy atom. The minimum absolute atomic E-state index is 0.0741. The van der Waals surface area contributed by atoms with Crippen LogP contribution in [0.2, 0.25) is 0 Å². The second-order valence-corrected chi connectivity index (χ2v) is 10.2. The molecule has 5 heteroatoms. The number of hydrogen-bond donors (Lipinski definition) is 1. The third kappa shape index (κ3) is 4.57. The molecule has 1 aromatic carbocycles. The van der Waals surface area contributed by atoms with Gasteiger partial charge in [0.15, 0.2) is 11.4 Å². The number of hydrogen-bond acceptors (Lipinski definition) is 4. The van der Waals surface area contributed by atoms with E-state index >= 15 is 0 Å². The summed E-state index contributed by atoms with van der Waals surface area (Å²) < 4.78 is 0. The SMILES string of the molecule is CC(C)CC(c1cccc(-c2cnc3[nH]cc(C(=O)C(C)(C)C)c3n2)c1)N1CCCC1. The van der Waals surface area contributed by atoms with Gasteiger partial charge in [-0.15, -0.1) is 0 Å². The van der Waals surface area contributed by atoms with E-state index < -0.39 is 5.41 Å². The first kappa shape index (κ1) is 21.7. The topological polar surface area (TPSA) is 61.9 Å². The maximum Gasteiger partial charge on any atom is 0.171 e. The molecule has 164 valence electrons. The number of aromatic nitrogens is 3. The third-order valence-corrected chi connectivity index (χ3v) is 6.15. The molecule has 2 aromatic heterocycles. The minimum Gasteiger partial charge on any atom is -0.344 e. The maximum absolute atomic E-state index is 12.9. The van der Waals surface area contributed by atoms with E-state index in [1.165, 1.54) is 31.5 Å². The van der Waals surface area contributed by atoms with E-state index in [2.05, 4.69) is 53.0 Å². The number of rotatable bonds is 6. The van der Waals surface area contributed by atoms with E-state index in [0.29, 0.717) is 28.7 Å². The lowest BCUT2D eigenvalue weighted by molar-refractivity contribution is 0.0860. The molecule has 5 nitrogen and oxygen atoms in total. The summed E-state index contributed by atoms with van der Waals surface area (Å²) in [5, 5.41) is 0. The molecule has 0 saturated carbocycles. The van der Waals surface area contributed by atoms with Crippen LogP contribution in [-0.4, -0.2) is 38.7 Å². The Morgan fingerprint density at radius 3 is 2.61 bits per heavy atom. The highest BCUT2D eigenvalue weighted by Crippen LogP contribution is 2.33. The highest BCUT2D eigenvalue weighted by molar-refractivity contribution is 6.08. The first-order valence-electron chi connectivity index (χ1n) is 11.5. The molecule has 4 rings (SSSR count). The fourth-order valence-corrected chi connectivity index (χ4v) is 4.51. The number of aromatic amines is 1. The van der Waals surface area contributed by atoms with Crippen molar-refractivity contribution in [3.05, 3.63) is 47.8 Å². The van der Waals surface area contributed by atoms with Crippen LogP contribution in [0.15, 0.2) is 36.7 Å². The number of carbonyl (C=O) groups excluding carboxylic acids is 1. The van der Waals surface area contributed by atoms with Gasteiger partial charge in [-0.1, -0.05) is 52.8 Å². The number of nitrogens with one attached hydrogen (secondary N) is 1. The molecular formula is C26H34N4O. The molecule has 1 unspecified atom stereocenters. The van der Waals surface area contributed by atoms with Crippen LogP contribution in [-0.2, 0) is 0 Å². The molecule has 31 heavy (non-hydrogen) atoms. The predicted molar refractivity (Wildman–Crippen MR) is 126 cm³/mol. The number of fused-ring (bicyclic) bond motifs is 1. The van der Waals surface area contributed by atoms with Gasteiger partial charge in [-0.2, -0.15) is 0 Å². The van der Waals surface area contributed by atoms with Gasteiger partial charge < -0.3 is 4.98 Å². The minimum atomic E-state index is -0.466. The number of likely N-dealkylation sites (tertiary alicyclic amines) is 1. The quantitative estimate of drug-likeness (QED) is 0.496. The fourth-order valence-electron chi connectivity index (χ4n) is 4.51. The summed E-state index contributed by atoms with van der Waals surface area (Å²) in [5.74, 6) is 0.709. The summed E-state index contributed by atoms with van der Waals surface area (Å²) in [6.45, 7) is 12.7. The van der Waals surface area contributed by atoms with Crippen molar-refractivity contribution in [3.63, 3.8) is 0 Å². The predicted octanol–water partition coefficient (Wildman–Crippen LogP) is 6.04. The summed E-state index contributed by atoms with van der Waals surface area (Å²) in [4.78, 5) is 28.1. The Labute approximate surface area is 185 Å². The van der Waals surface area contributed by atoms with Gasteiger partial charge in [0.2, 0.25) is 0 Å². The van der Waals surface area contributed by atoms with Crippen molar-refractivity contribution in [1.29, 1.82) is 0 Å². The summed E-state index contributed by atoms with van der Waals surface area (Å²) in [5.41, 5.74) is 4.66. The van der Waals surface area contributed by atoms with Crippen LogP contribution in [0.25, 0.3) is 22.4 Å². The zero-order valence-electron chi connectivity index (χ0n) is 19.4. The first-order chi connectivity index (χ1) is 14.7. The van der Waals surface area contributed by atoms with Crippen LogP contribution < -0.4 is 0 Å². The molecule has 3 aromatic rings. The summed E-state index contributed by atoms with van der Waals surface area (Å²) in [7, 11) is 0. The molecule has 0 aliphatic carbocycles. The van der Waals surface area contributed by atoms with Gasteiger partial charge in [0.1, 0.15) is 5.52 Å². The van der Waals surface area contributed by atoms with Crippen molar-refractivity contribution in [2.45, 2.75) is 59.9 Å². The molecule has 1 aliphatic rings. The van der Waals surface area contributed by atoms with Gasteiger partial charge in [-0.05, 0) is 49.9 Å². The van der Waals surface area contributed by atoms with Crippen LogP contribution in [0.4, 0.5) is 0 Å². The Bertz CT molecular complexity index is 1070. The van der Waals surface area contributed by atoms with E-state index in [1.54, 1.807) is 12.4 Å². The summed E-state index contributed by atoms with van der Waals surface area (Å²) >= 11 is 0. The highest BCUT2D eigenvalue weighted by atomic mass is 16.1. The molecule has 1 fully saturated rings. The average molecular weight is 419 g/mol. The van der Waals surface area contributed by atoms with Crippen LogP contribution in [0, 0.1) is 11.3 Å². The zero-order valence-corrected chi connectivity index (χ0v) is 19.4. The molecule has 0 bridgehead atoms. The number of Topliss-reactive ketones (excluding diaryl/α,β-unsaturated/α-hetero) is 1. The van der Waals surface area contributed by atoms with Crippen molar-refractivity contribution in [3.8, 4) is 11.3 Å². The number of ketones is 1. The van der Waals surface area contributed by atoms with Crippen molar-refractivity contribution < 1.29 is 4.79 Å². The third-order valence-electron chi connectivity index (χ3n) is 6.15. The van der Waals surface area contributed by atoms with E-state index in [-0.39, 0.29) is 5.78 Å². The molecule has 0 amide bonds. The monoisotopic (exact) mass is 418 g/mol. The lowest BCUT2D eigenvalue weighted by atomic mass is 9.87. The molecule has 0 spiro atoms. The fraction of sp³-hybridized carbons (Fsp3) is 0.500. The standard InChI is InChI=1S/C26H34N4O/c1-17(2)13-22(30-11-6-7-12-30)19-10-8-9-18(14-19)21-16-28-25-23(29-21)20(15-27-25)24(31)26(3,4)5/h8-10,14-17,22H,6-7,11-13H2,1-5H3,(H,27,28). The van der Waals surface area contributed by atoms with Gasteiger partial charge in [0.25, 0.3) is 0 Å². The first-order valence-corrected chi connectivity index (χ1v) is 11.5. The van der Waals surface area contributed by atoms with E-state index in [4.69, 9.17) is 4.98 Å². The summed E-state index contributed by atoms with van der Waals surface area (Å²) in [6, 6.07) is 9.15. The Hall–Kier alpha value is -2.53. The van der Waals surface area contributed by atoms with E-state index in [1.807, 2.05) is 20.8 Å². The van der Waals surface area contributed by atoms with Crippen molar-refractivity contribution >= 4 is 16.9 Å². The molecule has 1 saturated heterocycles. The molecular weight excluding hydrogens is 384 g/mol. The smallest absolute Gasteiger partial charge is 0.171 e. The van der Waals surface area contributed by atoms with E-state index in [0.717, 1.165) is 17.7 Å². The summed E-state index contributed by atoms with van der Waals surface area (Å²) in [6.07, 6.45) is 7.26. The Kier molecular flexibility index (Phi) is 5.98. The van der Waals surface area contributed by atoms with Crippen molar-refractivity contribution in [2.24, 2.45) is 11.3 Å². The Morgan fingerprint density at radius 2 is 1.94 bits per heavy atom. The number of H-pyrrole nitrogens is 1. The lowest BCUT2D eigenvalue weighted by Crippen LogP contribution is -2.26. The second kappa shape index (κ2) is 8.54. The van der Waals surface area contributed by atoms with Crippen LogP contribution in [0.5, 0.6) is 0 Å². The maximum atomic E-state index is 12.9.